The molecule has 0 fully saturated rings. The number of nitrogens with one attached hydrogen (secondary N) is 1. The first-order valence-corrected chi connectivity index (χ1v) is 4.51. The van der Waals surface area contributed by atoms with E-state index in [1.807, 2.05) is 0 Å². The summed E-state index contributed by atoms with van der Waals surface area (Å²) in [6.45, 7) is 0.303. The van der Waals surface area contributed by atoms with Gasteiger partial charge in [0.1, 0.15) is 11.6 Å². The zero-order chi connectivity index (χ0) is 10.6. The lowest BCUT2D eigenvalue weighted by Crippen LogP contribution is -2.25. The fourth-order valence-corrected chi connectivity index (χ4v) is 1.05. The Kier molecular flexibility index (Phi) is 3.71. The van der Waals surface area contributed by atoms with Gasteiger partial charge in [-0.25, -0.2) is 4.39 Å². The van der Waals surface area contributed by atoms with Crippen molar-refractivity contribution in [3.05, 3.63) is 29.6 Å². The van der Waals surface area contributed by atoms with E-state index in [0.717, 1.165) is 12.1 Å². The summed E-state index contributed by atoms with van der Waals surface area (Å²) in [4.78, 5) is 11.3. The van der Waals surface area contributed by atoms with Crippen LogP contribution in [0.4, 0.5) is 4.39 Å². The van der Waals surface area contributed by atoms with Crippen LogP contribution in [-0.4, -0.2) is 23.4 Å². The van der Waals surface area contributed by atoms with Gasteiger partial charge in [0.05, 0.1) is 5.56 Å². The third kappa shape index (κ3) is 2.60. The second-order valence-electron chi connectivity index (χ2n) is 2.61. The van der Waals surface area contributed by atoms with E-state index >= 15 is 0 Å². The van der Waals surface area contributed by atoms with Crippen LogP contribution in [0, 0.1) is 5.82 Å². The Labute approximate surface area is 85.5 Å². The fraction of sp³-hybridized carbons (Fsp3) is 0.222. The van der Waals surface area contributed by atoms with Crippen molar-refractivity contribution in [2.75, 3.05) is 12.4 Å². The number of carbonyl (C=O) groups is 1. The Hall–Kier alpha value is -1.29. The van der Waals surface area contributed by atoms with Gasteiger partial charge in [-0.15, -0.1) is 11.6 Å². The lowest BCUT2D eigenvalue weighted by molar-refractivity contribution is 0.0953. The zero-order valence-electron chi connectivity index (χ0n) is 7.26. The number of alkyl halides is 1. The molecule has 76 valence electrons. The maximum absolute atomic E-state index is 12.6. The molecular formula is C9H9ClFNO2. The first-order valence-electron chi connectivity index (χ1n) is 3.98. The average Bonchev–Trinajstić information content (AvgIpc) is 2.14. The van der Waals surface area contributed by atoms with E-state index in [1.54, 1.807) is 0 Å². The van der Waals surface area contributed by atoms with Crippen molar-refractivity contribution in [3.8, 4) is 5.75 Å². The summed E-state index contributed by atoms with van der Waals surface area (Å²) in [5, 5.41) is 11.7. The minimum Gasteiger partial charge on any atom is -0.507 e. The van der Waals surface area contributed by atoms with Crippen molar-refractivity contribution in [1.29, 1.82) is 0 Å². The number of hydrogen-bond donors (Lipinski definition) is 2. The van der Waals surface area contributed by atoms with E-state index in [1.165, 1.54) is 6.07 Å². The first kappa shape index (κ1) is 10.8. The third-order valence-corrected chi connectivity index (χ3v) is 1.77. The lowest BCUT2D eigenvalue weighted by atomic mass is 10.2. The Morgan fingerprint density at radius 1 is 1.57 bits per heavy atom. The number of benzene rings is 1. The van der Waals surface area contributed by atoms with Gasteiger partial charge >= 0.3 is 0 Å². The van der Waals surface area contributed by atoms with Gasteiger partial charge in [-0.1, -0.05) is 0 Å². The Balaban J connectivity index is 2.80. The number of hydrogen-bond acceptors (Lipinski definition) is 2. The SMILES string of the molecule is O=C(NCCCl)c1ccc(F)cc1O. The van der Waals surface area contributed by atoms with Crippen LogP contribution in [0.15, 0.2) is 18.2 Å². The molecule has 0 atom stereocenters. The molecule has 0 heterocycles. The summed E-state index contributed by atoms with van der Waals surface area (Å²) < 4.78 is 12.6. The Morgan fingerprint density at radius 3 is 2.86 bits per heavy atom. The van der Waals surface area contributed by atoms with E-state index in [2.05, 4.69) is 5.32 Å². The van der Waals surface area contributed by atoms with E-state index in [9.17, 15) is 14.3 Å². The molecule has 0 saturated heterocycles. The number of carbonyl (C=O) groups excluding carboxylic acids is 1. The van der Waals surface area contributed by atoms with E-state index < -0.39 is 11.7 Å². The normalized spacial score (nSPS) is 9.86. The highest BCUT2D eigenvalue weighted by atomic mass is 35.5. The van der Waals surface area contributed by atoms with E-state index in [4.69, 9.17) is 11.6 Å². The van der Waals surface area contributed by atoms with Crippen LogP contribution in [0.25, 0.3) is 0 Å². The minimum atomic E-state index is -0.587. The lowest BCUT2D eigenvalue weighted by Gasteiger charge is -2.04. The highest BCUT2D eigenvalue weighted by Crippen LogP contribution is 2.17. The molecule has 0 aliphatic carbocycles. The van der Waals surface area contributed by atoms with Crippen molar-refractivity contribution in [3.63, 3.8) is 0 Å². The average molecular weight is 218 g/mol. The number of amides is 1. The number of halogens is 2. The van der Waals surface area contributed by atoms with Crippen LogP contribution < -0.4 is 5.32 Å². The minimum absolute atomic E-state index is 0.0384. The van der Waals surface area contributed by atoms with Crippen molar-refractivity contribution < 1.29 is 14.3 Å². The molecule has 0 aromatic heterocycles. The number of phenolic OH excluding ortho intramolecular Hbond substituents is 1. The van der Waals surface area contributed by atoms with Crippen LogP contribution in [0.1, 0.15) is 10.4 Å². The first-order chi connectivity index (χ1) is 6.65. The molecular weight excluding hydrogens is 209 g/mol. The highest BCUT2D eigenvalue weighted by Gasteiger charge is 2.10. The molecule has 0 aliphatic rings. The quantitative estimate of drug-likeness (QED) is 0.754. The monoisotopic (exact) mass is 217 g/mol. The second-order valence-corrected chi connectivity index (χ2v) is 2.98. The number of phenols is 1. The van der Waals surface area contributed by atoms with Crippen molar-refractivity contribution >= 4 is 17.5 Å². The summed E-state index contributed by atoms with van der Waals surface area (Å²) in [5.41, 5.74) is 0.0384. The maximum Gasteiger partial charge on any atom is 0.255 e. The summed E-state index contributed by atoms with van der Waals surface area (Å²) in [6, 6.07) is 3.21. The molecule has 1 amide bonds. The van der Waals surface area contributed by atoms with Crippen LogP contribution >= 0.6 is 11.6 Å². The molecule has 0 unspecified atom stereocenters. The van der Waals surface area contributed by atoms with Crippen LogP contribution in [0.3, 0.4) is 0 Å². The summed E-state index contributed by atoms with van der Waals surface area (Å²) in [5.74, 6) is -1.15. The van der Waals surface area contributed by atoms with Gasteiger partial charge in [0.25, 0.3) is 5.91 Å². The predicted molar refractivity (Wildman–Crippen MR) is 51.1 cm³/mol. The fourth-order valence-electron chi connectivity index (χ4n) is 0.953. The molecule has 0 radical (unpaired) electrons. The largest absolute Gasteiger partial charge is 0.507 e. The van der Waals surface area contributed by atoms with Crippen LogP contribution in [0.2, 0.25) is 0 Å². The second kappa shape index (κ2) is 4.81. The van der Waals surface area contributed by atoms with Gasteiger partial charge in [-0.3, -0.25) is 4.79 Å². The summed E-state index contributed by atoms with van der Waals surface area (Å²) >= 11 is 5.36. The van der Waals surface area contributed by atoms with Gasteiger partial charge in [0.15, 0.2) is 0 Å². The van der Waals surface area contributed by atoms with E-state index in [-0.39, 0.29) is 17.2 Å². The molecule has 2 N–H and O–H groups in total. The van der Waals surface area contributed by atoms with Crippen LogP contribution in [0.5, 0.6) is 5.75 Å². The van der Waals surface area contributed by atoms with Gasteiger partial charge < -0.3 is 10.4 Å². The van der Waals surface area contributed by atoms with Gasteiger partial charge in [-0.05, 0) is 12.1 Å². The molecule has 5 heteroatoms. The predicted octanol–water partition coefficient (Wildman–Crippen LogP) is 1.50. The van der Waals surface area contributed by atoms with Gasteiger partial charge in [0.2, 0.25) is 0 Å². The zero-order valence-corrected chi connectivity index (χ0v) is 8.01. The summed E-state index contributed by atoms with van der Waals surface area (Å²) in [6.07, 6.45) is 0. The van der Waals surface area contributed by atoms with Crippen molar-refractivity contribution in [1.82, 2.24) is 5.32 Å². The third-order valence-electron chi connectivity index (χ3n) is 1.58. The molecule has 14 heavy (non-hydrogen) atoms. The van der Waals surface area contributed by atoms with Gasteiger partial charge in [-0.2, -0.15) is 0 Å². The number of aromatic hydroxyl groups is 1. The standard InChI is InChI=1S/C9H9ClFNO2/c10-3-4-12-9(14)7-2-1-6(11)5-8(7)13/h1-2,5,13H,3-4H2,(H,12,14). The molecule has 0 spiro atoms. The Bertz CT molecular complexity index is 344. The van der Waals surface area contributed by atoms with E-state index in [0.29, 0.717) is 6.54 Å². The number of rotatable bonds is 3. The smallest absolute Gasteiger partial charge is 0.255 e. The Morgan fingerprint density at radius 2 is 2.29 bits per heavy atom. The van der Waals surface area contributed by atoms with Gasteiger partial charge in [0, 0.05) is 18.5 Å². The van der Waals surface area contributed by atoms with Crippen molar-refractivity contribution in [2.24, 2.45) is 0 Å². The van der Waals surface area contributed by atoms with Crippen LogP contribution in [-0.2, 0) is 0 Å². The molecule has 1 aromatic rings. The molecule has 3 nitrogen and oxygen atoms in total. The summed E-state index contributed by atoms with van der Waals surface area (Å²) in [7, 11) is 0. The molecule has 0 bridgehead atoms. The molecule has 1 aromatic carbocycles. The molecule has 0 saturated carbocycles. The molecule has 1 rings (SSSR count). The van der Waals surface area contributed by atoms with Crippen molar-refractivity contribution in [2.45, 2.75) is 0 Å². The highest BCUT2D eigenvalue weighted by molar-refractivity contribution is 6.18. The molecule has 0 aliphatic heterocycles. The topological polar surface area (TPSA) is 49.3 Å². The maximum atomic E-state index is 12.6.